The smallest absolute Gasteiger partial charge is 0.148 e. The number of benzene rings is 2. The van der Waals surface area contributed by atoms with Crippen molar-refractivity contribution in [3.8, 4) is 5.75 Å². The summed E-state index contributed by atoms with van der Waals surface area (Å²) in [5.41, 5.74) is 6.40. The Bertz CT molecular complexity index is 665. The van der Waals surface area contributed by atoms with Crippen LogP contribution in [0, 0.1) is 5.82 Å². The predicted octanol–water partition coefficient (Wildman–Crippen LogP) is 5.12. The van der Waals surface area contributed by atoms with E-state index < -0.39 is 5.82 Å². The van der Waals surface area contributed by atoms with Gasteiger partial charge in [0.15, 0.2) is 0 Å². The van der Waals surface area contributed by atoms with Crippen LogP contribution in [0.1, 0.15) is 0 Å². The van der Waals surface area contributed by atoms with Crippen molar-refractivity contribution < 1.29 is 9.13 Å². The molecule has 0 fully saturated rings. The quantitative estimate of drug-likeness (QED) is 0.604. The molecule has 0 bridgehead atoms. The van der Waals surface area contributed by atoms with Gasteiger partial charge in [-0.25, -0.2) is 4.39 Å². The van der Waals surface area contributed by atoms with Gasteiger partial charge in [0.05, 0.1) is 39.2 Å². The molecule has 0 heterocycles. The molecule has 2 rings (SSSR count). The van der Waals surface area contributed by atoms with Crippen molar-refractivity contribution >= 4 is 51.9 Å². The molecule has 0 saturated heterocycles. The number of nitrogens with one attached hydrogen (secondary N) is 1. The topological polar surface area (TPSA) is 47.3 Å². The molecule has 0 aliphatic rings. The highest BCUT2D eigenvalue weighted by atomic mass is 35.5. The Morgan fingerprint density at radius 1 is 1.00 bits per heavy atom. The van der Waals surface area contributed by atoms with Crippen molar-refractivity contribution in [2.45, 2.75) is 0 Å². The fraction of sp³-hybridized carbons (Fsp3) is 0.0769. The normalized spacial score (nSPS) is 10.4. The second-order valence-electron chi connectivity index (χ2n) is 3.95. The molecule has 0 radical (unpaired) electrons. The van der Waals surface area contributed by atoms with Crippen molar-refractivity contribution in [1.29, 1.82) is 0 Å². The summed E-state index contributed by atoms with van der Waals surface area (Å²) >= 11 is 17.8. The van der Waals surface area contributed by atoms with E-state index >= 15 is 0 Å². The molecule has 20 heavy (non-hydrogen) atoms. The Morgan fingerprint density at radius 3 is 2.30 bits per heavy atom. The molecule has 0 aromatic heterocycles. The van der Waals surface area contributed by atoms with Gasteiger partial charge < -0.3 is 15.8 Å². The van der Waals surface area contributed by atoms with Gasteiger partial charge in [0, 0.05) is 12.1 Å². The first-order valence-corrected chi connectivity index (χ1v) is 6.60. The molecule has 3 nitrogen and oxygen atoms in total. The Morgan fingerprint density at radius 2 is 1.65 bits per heavy atom. The zero-order chi connectivity index (χ0) is 14.9. The van der Waals surface area contributed by atoms with Gasteiger partial charge in [0.25, 0.3) is 0 Å². The van der Waals surface area contributed by atoms with Crippen LogP contribution in [0.25, 0.3) is 0 Å². The molecule has 106 valence electrons. The lowest BCUT2D eigenvalue weighted by Gasteiger charge is -2.13. The number of methoxy groups -OCH3 is 1. The van der Waals surface area contributed by atoms with E-state index in [1.165, 1.54) is 25.3 Å². The number of anilines is 3. The highest BCUT2D eigenvalue weighted by Gasteiger charge is 2.11. The van der Waals surface area contributed by atoms with Crippen molar-refractivity contribution in [2.75, 3.05) is 18.2 Å². The molecule has 2 aromatic carbocycles. The maximum atomic E-state index is 13.9. The molecule has 0 atom stereocenters. The number of halogens is 4. The third-order valence-electron chi connectivity index (χ3n) is 2.60. The second-order valence-corrected chi connectivity index (χ2v) is 5.17. The van der Waals surface area contributed by atoms with Gasteiger partial charge in [-0.05, 0) is 12.1 Å². The largest absolute Gasteiger partial charge is 0.495 e. The van der Waals surface area contributed by atoms with Gasteiger partial charge >= 0.3 is 0 Å². The van der Waals surface area contributed by atoms with Crippen molar-refractivity contribution in [1.82, 2.24) is 0 Å². The summed E-state index contributed by atoms with van der Waals surface area (Å²) in [7, 11) is 1.44. The van der Waals surface area contributed by atoms with Crippen LogP contribution in [0.15, 0.2) is 24.3 Å². The minimum Gasteiger partial charge on any atom is -0.495 e. The first-order valence-electron chi connectivity index (χ1n) is 5.47. The zero-order valence-electron chi connectivity index (χ0n) is 10.3. The minimum atomic E-state index is -0.537. The van der Waals surface area contributed by atoms with E-state index in [1.807, 2.05) is 0 Å². The molecule has 0 amide bonds. The third-order valence-corrected chi connectivity index (χ3v) is 3.63. The first kappa shape index (κ1) is 15.0. The maximum absolute atomic E-state index is 13.9. The fourth-order valence-corrected chi connectivity index (χ4v) is 2.20. The van der Waals surface area contributed by atoms with E-state index in [0.29, 0.717) is 26.5 Å². The molecule has 7 heteroatoms. The predicted molar refractivity (Wildman–Crippen MR) is 82.1 cm³/mol. The summed E-state index contributed by atoms with van der Waals surface area (Å²) in [5.74, 6) is -0.185. The Labute approximate surface area is 130 Å². The lowest BCUT2D eigenvalue weighted by atomic mass is 10.2. The van der Waals surface area contributed by atoms with Crippen LogP contribution in [0.4, 0.5) is 21.5 Å². The first-order chi connectivity index (χ1) is 9.42. The fourth-order valence-electron chi connectivity index (χ4n) is 1.60. The number of ether oxygens (including phenoxy) is 1. The minimum absolute atomic E-state index is 0.163. The Kier molecular flexibility index (Phi) is 4.48. The van der Waals surface area contributed by atoms with Gasteiger partial charge in [-0.2, -0.15) is 0 Å². The molecule has 3 N–H and O–H groups in total. The zero-order valence-corrected chi connectivity index (χ0v) is 12.6. The molecular weight excluding hydrogens is 326 g/mol. The average Bonchev–Trinajstić information content (AvgIpc) is 2.38. The Hall–Kier alpha value is -1.36. The monoisotopic (exact) mass is 334 g/mol. The van der Waals surface area contributed by atoms with Crippen LogP contribution >= 0.6 is 34.8 Å². The molecule has 0 saturated carbocycles. The summed E-state index contributed by atoms with van der Waals surface area (Å²) in [5, 5.41) is 3.76. The van der Waals surface area contributed by atoms with Gasteiger partial charge in [-0.15, -0.1) is 0 Å². The van der Waals surface area contributed by atoms with Gasteiger partial charge in [-0.3, -0.25) is 0 Å². The molecular formula is C13H10Cl3FN2O. The molecule has 0 aliphatic heterocycles. The van der Waals surface area contributed by atoms with E-state index in [2.05, 4.69) is 5.32 Å². The molecule has 2 aromatic rings. The summed E-state index contributed by atoms with van der Waals surface area (Å²) in [4.78, 5) is 0. The highest BCUT2D eigenvalue weighted by molar-refractivity contribution is 6.44. The van der Waals surface area contributed by atoms with Crippen molar-refractivity contribution in [3.05, 3.63) is 45.2 Å². The van der Waals surface area contributed by atoms with E-state index in [1.54, 1.807) is 0 Å². The maximum Gasteiger partial charge on any atom is 0.148 e. The van der Waals surface area contributed by atoms with Crippen molar-refractivity contribution in [3.63, 3.8) is 0 Å². The Balaban J connectivity index is 2.42. The third kappa shape index (κ3) is 3.03. The highest BCUT2D eigenvalue weighted by Crippen LogP contribution is 2.36. The van der Waals surface area contributed by atoms with E-state index in [0.717, 1.165) is 6.07 Å². The summed E-state index contributed by atoms with van der Waals surface area (Å²) in [6, 6.07) is 5.57. The molecule has 0 spiro atoms. The van der Waals surface area contributed by atoms with Crippen LogP contribution in [-0.4, -0.2) is 7.11 Å². The van der Waals surface area contributed by atoms with Crippen LogP contribution in [0.5, 0.6) is 5.75 Å². The standard InChI is InChI=1S/C13H10Cl3FN2O/c1-20-13-5-12(9(17)4-10(13)18)19-11-3-7(15)6(14)2-8(11)16/h2-5,19H,18H2,1H3. The van der Waals surface area contributed by atoms with Crippen LogP contribution < -0.4 is 15.8 Å². The summed E-state index contributed by atoms with van der Waals surface area (Å²) in [6.45, 7) is 0. The van der Waals surface area contributed by atoms with Crippen LogP contribution in [0.3, 0.4) is 0 Å². The van der Waals surface area contributed by atoms with Gasteiger partial charge in [0.1, 0.15) is 11.6 Å². The van der Waals surface area contributed by atoms with Crippen LogP contribution in [-0.2, 0) is 0 Å². The number of nitrogen functional groups attached to an aromatic ring is 1. The number of hydrogen-bond donors (Lipinski definition) is 2. The number of rotatable bonds is 3. The van der Waals surface area contributed by atoms with Gasteiger partial charge in [-0.1, -0.05) is 34.8 Å². The van der Waals surface area contributed by atoms with E-state index in [4.69, 9.17) is 45.3 Å². The summed E-state index contributed by atoms with van der Waals surface area (Å²) in [6.07, 6.45) is 0. The SMILES string of the molecule is COc1cc(Nc2cc(Cl)c(Cl)cc2Cl)c(F)cc1N. The van der Waals surface area contributed by atoms with Crippen LogP contribution in [0.2, 0.25) is 15.1 Å². The molecule has 0 unspecified atom stereocenters. The average molecular weight is 336 g/mol. The van der Waals surface area contributed by atoms with Crippen molar-refractivity contribution in [2.24, 2.45) is 0 Å². The number of hydrogen-bond acceptors (Lipinski definition) is 3. The number of nitrogens with two attached hydrogens (primary N) is 1. The lowest BCUT2D eigenvalue weighted by molar-refractivity contribution is 0.416. The van der Waals surface area contributed by atoms with E-state index in [-0.39, 0.29) is 11.4 Å². The van der Waals surface area contributed by atoms with Gasteiger partial charge in [0.2, 0.25) is 0 Å². The van der Waals surface area contributed by atoms with E-state index in [9.17, 15) is 4.39 Å². The molecule has 0 aliphatic carbocycles. The second kappa shape index (κ2) is 5.95. The summed E-state index contributed by atoms with van der Waals surface area (Å²) < 4.78 is 18.9. The lowest BCUT2D eigenvalue weighted by Crippen LogP contribution is -1.99.